The molecule has 4 heteroatoms. The van der Waals surface area contributed by atoms with E-state index in [9.17, 15) is 4.79 Å². The zero-order valence-corrected chi connectivity index (χ0v) is 9.66. The van der Waals surface area contributed by atoms with Crippen LogP contribution in [0.25, 0.3) is 0 Å². The molecule has 88 valence electrons. The molecule has 1 fully saturated rings. The van der Waals surface area contributed by atoms with Crippen molar-refractivity contribution in [3.63, 3.8) is 0 Å². The summed E-state index contributed by atoms with van der Waals surface area (Å²) in [5.41, 5.74) is 0.804. The quantitative estimate of drug-likeness (QED) is 0.850. The molecular formula is C12H18N2O2. The second kappa shape index (κ2) is 5.14. The molecule has 1 aromatic heterocycles. The van der Waals surface area contributed by atoms with Crippen LogP contribution in [0.3, 0.4) is 0 Å². The highest BCUT2D eigenvalue weighted by Crippen LogP contribution is 2.17. The first-order valence-electron chi connectivity index (χ1n) is 5.94. The summed E-state index contributed by atoms with van der Waals surface area (Å²) in [6.45, 7) is 1.85. The van der Waals surface area contributed by atoms with Crippen LogP contribution in [0.5, 0.6) is 0 Å². The highest BCUT2D eigenvalue weighted by Gasteiger charge is 2.17. The molecule has 0 unspecified atom stereocenters. The van der Waals surface area contributed by atoms with Crippen LogP contribution in [0.1, 0.15) is 43.6 Å². The first-order valence-corrected chi connectivity index (χ1v) is 5.94. The molecule has 1 aliphatic rings. The van der Waals surface area contributed by atoms with Gasteiger partial charge in [0.1, 0.15) is 5.76 Å². The number of carbonyl (C=O) groups is 1. The van der Waals surface area contributed by atoms with Crippen molar-refractivity contribution in [3.8, 4) is 0 Å². The maximum absolute atomic E-state index is 11.7. The van der Waals surface area contributed by atoms with Crippen molar-refractivity contribution < 1.29 is 9.21 Å². The average molecular weight is 222 g/mol. The summed E-state index contributed by atoms with van der Waals surface area (Å²) in [6, 6.07) is 0.365. The molecule has 2 rings (SSSR count). The Morgan fingerprint density at radius 3 is 2.88 bits per heavy atom. The maximum atomic E-state index is 11.7. The van der Waals surface area contributed by atoms with E-state index in [0.29, 0.717) is 18.2 Å². The van der Waals surface area contributed by atoms with Gasteiger partial charge in [0.15, 0.2) is 6.39 Å². The Morgan fingerprint density at radius 2 is 2.25 bits per heavy atom. The molecule has 1 aromatic rings. The van der Waals surface area contributed by atoms with Gasteiger partial charge in [-0.3, -0.25) is 4.79 Å². The van der Waals surface area contributed by atoms with E-state index in [2.05, 4.69) is 10.3 Å². The zero-order chi connectivity index (χ0) is 11.4. The van der Waals surface area contributed by atoms with Crippen LogP contribution in [0.15, 0.2) is 10.8 Å². The van der Waals surface area contributed by atoms with E-state index < -0.39 is 0 Å². The van der Waals surface area contributed by atoms with Crippen LogP contribution in [-0.2, 0) is 11.2 Å². The van der Waals surface area contributed by atoms with Crippen molar-refractivity contribution in [3.05, 3.63) is 17.8 Å². The third-order valence-electron chi connectivity index (χ3n) is 3.14. The van der Waals surface area contributed by atoms with E-state index >= 15 is 0 Å². The molecule has 0 aromatic carbocycles. The minimum Gasteiger partial charge on any atom is -0.448 e. The summed E-state index contributed by atoms with van der Waals surface area (Å²) in [6.07, 6.45) is 7.68. The van der Waals surface area contributed by atoms with Gasteiger partial charge in [-0.1, -0.05) is 19.3 Å². The molecule has 1 amide bonds. The Kier molecular flexibility index (Phi) is 3.59. The number of hydrogen-bond acceptors (Lipinski definition) is 3. The van der Waals surface area contributed by atoms with Gasteiger partial charge in [-0.15, -0.1) is 0 Å². The van der Waals surface area contributed by atoms with Gasteiger partial charge in [0.05, 0.1) is 12.1 Å². The Hall–Kier alpha value is -1.32. The lowest BCUT2D eigenvalue weighted by Gasteiger charge is -2.22. The normalized spacial score (nSPS) is 17.3. The largest absolute Gasteiger partial charge is 0.448 e. The van der Waals surface area contributed by atoms with Crippen LogP contribution in [0.2, 0.25) is 0 Å². The standard InChI is InChI=1S/C12H18N2O2/c1-9-11(16-8-13-9)7-12(15)14-10-5-3-2-4-6-10/h8,10H,2-7H2,1H3,(H,14,15). The number of rotatable bonds is 3. The third kappa shape index (κ3) is 2.84. The SMILES string of the molecule is Cc1ncoc1CC(=O)NC1CCCCC1. The van der Waals surface area contributed by atoms with Gasteiger partial charge in [0.25, 0.3) is 0 Å². The van der Waals surface area contributed by atoms with Gasteiger partial charge < -0.3 is 9.73 Å². The maximum Gasteiger partial charge on any atom is 0.227 e. The molecular weight excluding hydrogens is 204 g/mol. The Balaban J connectivity index is 1.82. The summed E-state index contributed by atoms with van der Waals surface area (Å²) in [7, 11) is 0. The van der Waals surface area contributed by atoms with Gasteiger partial charge in [0, 0.05) is 6.04 Å². The van der Waals surface area contributed by atoms with E-state index in [1.165, 1.54) is 25.7 Å². The molecule has 0 bridgehead atoms. The summed E-state index contributed by atoms with van der Waals surface area (Å²) < 4.78 is 5.15. The fourth-order valence-electron chi connectivity index (χ4n) is 2.17. The second-order valence-corrected chi connectivity index (χ2v) is 4.44. The summed E-state index contributed by atoms with van der Waals surface area (Å²) >= 11 is 0. The number of oxazole rings is 1. The minimum atomic E-state index is 0.0479. The summed E-state index contributed by atoms with van der Waals surface area (Å²) in [5.74, 6) is 0.722. The predicted octanol–water partition coefficient (Wildman–Crippen LogP) is 1.97. The molecule has 16 heavy (non-hydrogen) atoms. The first kappa shape index (κ1) is 11.2. The number of aryl methyl sites for hydroxylation is 1. The number of nitrogens with one attached hydrogen (secondary N) is 1. The minimum absolute atomic E-state index is 0.0479. The van der Waals surface area contributed by atoms with Crippen molar-refractivity contribution >= 4 is 5.91 Å². The zero-order valence-electron chi connectivity index (χ0n) is 9.66. The van der Waals surface area contributed by atoms with E-state index in [-0.39, 0.29) is 5.91 Å². The van der Waals surface area contributed by atoms with Crippen LogP contribution < -0.4 is 5.32 Å². The number of aromatic nitrogens is 1. The lowest BCUT2D eigenvalue weighted by molar-refractivity contribution is -0.121. The third-order valence-corrected chi connectivity index (χ3v) is 3.14. The topological polar surface area (TPSA) is 55.1 Å². The van der Waals surface area contributed by atoms with Gasteiger partial charge in [-0.05, 0) is 19.8 Å². The lowest BCUT2D eigenvalue weighted by atomic mass is 9.95. The number of amides is 1. The molecule has 1 heterocycles. The highest BCUT2D eigenvalue weighted by atomic mass is 16.3. The number of nitrogens with zero attached hydrogens (tertiary/aromatic N) is 1. The van der Waals surface area contributed by atoms with Crippen LogP contribution in [0.4, 0.5) is 0 Å². The summed E-state index contributed by atoms with van der Waals surface area (Å²) in [4.78, 5) is 15.7. The van der Waals surface area contributed by atoms with Gasteiger partial charge >= 0.3 is 0 Å². The fourth-order valence-corrected chi connectivity index (χ4v) is 2.17. The van der Waals surface area contributed by atoms with Gasteiger partial charge in [-0.25, -0.2) is 4.98 Å². The van der Waals surface area contributed by atoms with Crippen molar-refractivity contribution in [2.75, 3.05) is 0 Å². The van der Waals surface area contributed by atoms with Crippen LogP contribution in [0, 0.1) is 6.92 Å². The smallest absolute Gasteiger partial charge is 0.227 e. The Labute approximate surface area is 95.4 Å². The van der Waals surface area contributed by atoms with Crippen molar-refractivity contribution in [1.29, 1.82) is 0 Å². The van der Waals surface area contributed by atoms with E-state index in [4.69, 9.17) is 4.42 Å². The van der Waals surface area contributed by atoms with E-state index in [0.717, 1.165) is 18.5 Å². The second-order valence-electron chi connectivity index (χ2n) is 4.44. The van der Waals surface area contributed by atoms with Crippen molar-refractivity contribution in [2.24, 2.45) is 0 Å². The number of carbonyl (C=O) groups excluding carboxylic acids is 1. The molecule has 1 saturated carbocycles. The molecule has 0 atom stereocenters. The molecule has 0 radical (unpaired) electrons. The molecule has 0 saturated heterocycles. The van der Waals surface area contributed by atoms with E-state index in [1.807, 2.05) is 6.92 Å². The van der Waals surface area contributed by atoms with Gasteiger partial charge in [-0.2, -0.15) is 0 Å². The lowest BCUT2D eigenvalue weighted by Crippen LogP contribution is -2.37. The highest BCUT2D eigenvalue weighted by molar-refractivity contribution is 5.78. The average Bonchev–Trinajstić information content (AvgIpc) is 2.66. The monoisotopic (exact) mass is 222 g/mol. The molecule has 4 nitrogen and oxygen atoms in total. The molecule has 1 N–H and O–H groups in total. The Bertz CT molecular complexity index is 354. The van der Waals surface area contributed by atoms with Crippen LogP contribution >= 0.6 is 0 Å². The predicted molar refractivity (Wildman–Crippen MR) is 60.0 cm³/mol. The summed E-state index contributed by atoms with van der Waals surface area (Å²) in [5, 5.41) is 3.06. The molecule has 1 aliphatic carbocycles. The van der Waals surface area contributed by atoms with Crippen molar-refractivity contribution in [1.82, 2.24) is 10.3 Å². The first-order chi connectivity index (χ1) is 7.75. The van der Waals surface area contributed by atoms with E-state index in [1.54, 1.807) is 0 Å². The molecule has 0 spiro atoms. The number of hydrogen-bond donors (Lipinski definition) is 1. The van der Waals surface area contributed by atoms with Crippen LogP contribution in [-0.4, -0.2) is 16.9 Å². The Morgan fingerprint density at radius 1 is 1.50 bits per heavy atom. The van der Waals surface area contributed by atoms with Crippen molar-refractivity contribution in [2.45, 2.75) is 51.5 Å². The fraction of sp³-hybridized carbons (Fsp3) is 0.667. The van der Waals surface area contributed by atoms with Gasteiger partial charge in [0.2, 0.25) is 5.91 Å². The molecule has 0 aliphatic heterocycles.